The van der Waals surface area contributed by atoms with Crippen molar-refractivity contribution in [3.8, 4) is 5.75 Å². The van der Waals surface area contributed by atoms with E-state index in [2.05, 4.69) is 0 Å². The van der Waals surface area contributed by atoms with Crippen LogP contribution in [0, 0.1) is 10.1 Å². The monoisotopic (exact) mass is 195 g/mol. The summed E-state index contributed by atoms with van der Waals surface area (Å²) in [5.74, 6) is 0.00477. The first-order valence-corrected chi connectivity index (χ1v) is 4.54. The average Bonchev–Trinajstić information content (AvgIpc) is 2.16. The Kier molecular flexibility index (Phi) is 3.06. The molecule has 1 rings (SSSR count). The molecule has 4 nitrogen and oxygen atoms in total. The van der Waals surface area contributed by atoms with E-state index >= 15 is 0 Å². The Morgan fingerprint density at radius 2 is 2.21 bits per heavy atom. The van der Waals surface area contributed by atoms with Gasteiger partial charge in [-0.25, -0.2) is 0 Å². The van der Waals surface area contributed by atoms with E-state index in [1.54, 1.807) is 0 Å². The summed E-state index contributed by atoms with van der Waals surface area (Å²) in [4.78, 5) is 10.2. The van der Waals surface area contributed by atoms with Gasteiger partial charge in [-0.3, -0.25) is 10.1 Å². The fourth-order valence-corrected chi connectivity index (χ4v) is 1.41. The zero-order chi connectivity index (χ0) is 10.7. The number of rotatable bonds is 3. The molecule has 0 saturated heterocycles. The van der Waals surface area contributed by atoms with Gasteiger partial charge in [0, 0.05) is 6.07 Å². The van der Waals surface area contributed by atoms with Crippen molar-refractivity contribution in [1.29, 1.82) is 0 Å². The first-order chi connectivity index (χ1) is 6.57. The highest BCUT2D eigenvalue weighted by Gasteiger charge is 2.21. The average molecular weight is 195 g/mol. The lowest BCUT2D eigenvalue weighted by Gasteiger charge is -2.10. The third kappa shape index (κ3) is 1.84. The maximum absolute atomic E-state index is 10.7. The first kappa shape index (κ1) is 10.5. The number of nitro groups is 1. The van der Waals surface area contributed by atoms with Crippen molar-refractivity contribution in [3.05, 3.63) is 33.9 Å². The molecule has 1 atom stereocenters. The van der Waals surface area contributed by atoms with Gasteiger partial charge in [-0.05, 0) is 18.4 Å². The van der Waals surface area contributed by atoms with E-state index < -0.39 is 4.92 Å². The quantitative estimate of drug-likeness (QED) is 0.595. The van der Waals surface area contributed by atoms with Crippen molar-refractivity contribution in [1.82, 2.24) is 0 Å². The SMILES string of the molecule is CCC(C)c1c(O)cccc1[N+](=O)[O-]. The molecule has 0 spiro atoms. The number of benzene rings is 1. The summed E-state index contributed by atoms with van der Waals surface area (Å²) in [6.45, 7) is 3.79. The summed E-state index contributed by atoms with van der Waals surface area (Å²) in [6.07, 6.45) is 0.762. The van der Waals surface area contributed by atoms with Gasteiger partial charge in [-0.2, -0.15) is 0 Å². The standard InChI is InChI=1S/C10H13NO3/c1-3-7(2)10-8(11(13)14)5-4-6-9(10)12/h4-7,12H,3H2,1-2H3. The summed E-state index contributed by atoms with van der Waals surface area (Å²) < 4.78 is 0. The Morgan fingerprint density at radius 1 is 1.57 bits per heavy atom. The minimum Gasteiger partial charge on any atom is -0.507 e. The van der Waals surface area contributed by atoms with E-state index in [4.69, 9.17) is 0 Å². The molecule has 0 aliphatic heterocycles. The molecule has 0 saturated carbocycles. The second-order valence-electron chi connectivity index (χ2n) is 3.28. The van der Waals surface area contributed by atoms with E-state index in [0.717, 1.165) is 6.42 Å². The highest BCUT2D eigenvalue weighted by molar-refractivity contribution is 5.50. The fraction of sp³-hybridized carbons (Fsp3) is 0.400. The summed E-state index contributed by atoms with van der Waals surface area (Å²) in [5.41, 5.74) is 0.430. The Morgan fingerprint density at radius 3 is 2.71 bits per heavy atom. The van der Waals surface area contributed by atoms with Crippen molar-refractivity contribution in [2.24, 2.45) is 0 Å². The van der Waals surface area contributed by atoms with Crippen molar-refractivity contribution >= 4 is 5.69 Å². The summed E-state index contributed by atoms with van der Waals surface area (Å²) >= 11 is 0. The molecular formula is C10H13NO3. The van der Waals surface area contributed by atoms with Crippen LogP contribution in [-0.4, -0.2) is 10.0 Å². The van der Waals surface area contributed by atoms with Gasteiger partial charge in [0.25, 0.3) is 5.69 Å². The van der Waals surface area contributed by atoms with Crippen molar-refractivity contribution in [3.63, 3.8) is 0 Å². The predicted octanol–water partition coefficient (Wildman–Crippen LogP) is 2.81. The number of nitro benzene ring substituents is 1. The molecule has 0 heterocycles. The molecule has 0 fully saturated rings. The van der Waals surface area contributed by atoms with Crippen LogP contribution in [0.2, 0.25) is 0 Å². The van der Waals surface area contributed by atoms with Gasteiger partial charge in [0.2, 0.25) is 0 Å². The Bertz CT molecular complexity index is 349. The molecule has 1 aromatic rings. The van der Waals surface area contributed by atoms with Crippen molar-refractivity contribution < 1.29 is 10.0 Å². The predicted molar refractivity (Wildman–Crippen MR) is 53.5 cm³/mol. The van der Waals surface area contributed by atoms with Crippen LogP contribution >= 0.6 is 0 Å². The first-order valence-electron chi connectivity index (χ1n) is 4.54. The number of hydrogen-bond acceptors (Lipinski definition) is 3. The fourth-order valence-electron chi connectivity index (χ4n) is 1.41. The van der Waals surface area contributed by atoms with Crippen molar-refractivity contribution in [2.45, 2.75) is 26.2 Å². The second-order valence-corrected chi connectivity index (χ2v) is 3.28. The number of aromatic hydroxyl groups is 1. The van der Waals surface area contributed by atoms with Gasteiger partial charge in [0.05, 0.1) is 10.5 Å². The minimum atomic E-state index is -0.457. The lowest BCUT2D eigenvalue weighted by atomic mass is 9.96. The number of phenols is 1. The molecule has 0 amide bonds. The third-order valence-corrected chi connectivity index (χ3v) is 2.36. The largest absolute Gasteiger partial charge is 0.507 e. The highest BCUT2D eigenvalue weighted by atomic mass is 16.6. The topological polar surface area (TPSA) is 63.4 Å². The van der Waals surface area contributed by atoms with Crippen LogP contribution < -0.4 is 0 Å². The van der Waals surface area contributed by atoms with Gasteiger partial charge in [0.1, 0.15) is 5.75 Å². The number of phenolic OH excluding ortho intramolecular Hbond substituents is 1. The number of nitrogens with zero attached hydrogens (tertiary/aromatic N) is 1. The van der Waals surface area contributed by atoms with Crippen LogP contribution in [0.3, 0.4) is 0 Å². The van der Waals surface area contributed by atoms with Gasteiger partial charge < -0.3 is 5.11 Å². The van der Waals surface area contributed by atoms with Gasteiger partial charge in [0.15, 0.2) is 0 Å². The molecule has 1 aromatic carbocycles. The van der Waals surface area contributed by atoms with E-state index in [0.29, 0.717) is 5.56 Å². The summed E-state index contributed by atoms with van der Waals surface area (Å²) in [5, 5.41) is 20.2. The van der Waals surface area contributed by atoms with Crippen LogP contribution in [0.5, 0.6) is 5.75 Å². The zero-order valence-corrected chi connectivity index (χ0v) is 8.23. The molecule has 1 unspecified atom stereocenters. The Balaban J connectivity index is 3.29. The van der Waals surface area contributed by atoms with Gasteiger partial charge in [-0.1, -0.05) is 19.9 Å². The highest BCUT2D eigenvalue weighted by Crippen LogP contribution is 2.35. The molecular weight excluding hydrogens is 182 g/mol. The summed E-state index contributed by atoms with van der Waals surface area (Å²) in [7, 11) is 0. The second kappa shape index (κ2) is 4.09. The smallest absolute Gasteiger partial charge is 0.276 e. The molecule has 0 aromatic heterocycles. The Hall–Kier alpha value is -1.58. The molecule has 0 radical (unpaired) electrons. The van der Waals surface area contributed by atoms with E-state index in [9.17, 15) is 15.2 Å². The lowest BCUT2D eigenvalue weighted by Crippen LogP contribution is -1.99. The van der Waals surface area contributed by atoms with Crippen LogP contribution in [-0.2, 0) is 0 Å². The van der Waals surface area contributed by atoms with Crippen LogP contribution in [0.25, 0.3) is 0 Å². The molecule has 14 heavy (non-hydrogen) atoms. The number of hydrogen-bond donors (Lipinski definition) is 1. The molecule has 0 aliphatic carbocycles. The van der Waals surface area contributed by atoms with E-state index in [1.165, 1.54) is 18.2 Å². The molecule has 76 valence electrons. The van der Waals surface area contributed by atoms with E-state index in [1.807, 2.05) is 13.8 Å². The van der Waals surface area contributed by atoms with Crippen LogP contribution in [0.1, 0.15) is 31.7 Å². The maximum Gasteiger partial charge on any atom is 0.276 e. The van der Waals surface area contributed by atoms with Crippen molar-refractivity contribution in [2.75, 3.05) is 0 Å². The maximum atomic E-state index is 10.7. The van der Waals surface area contributed by atoms with Gasteiger partial charge in [-0.15, -0.1) is 0 Å². The summed E-state index contributed by atoms with van der Waals surface area (Å²) in [6, 6.07) is 4.38. The van der Waals surface area contributed by atoms with Gasteiger partial charge >= 0.3 is 0 Å². The van der Waals surface area contributed by atoms with E-state index in [-0.39, 0.29) is 17.4 Å². The zero-order valence-electron chi connectivity index (χ0n) is 8.23. The minimum absolute atomic E-state index is 0.000602. The normalized spacial score (nSPS) is 12.4. The Labute approximate surface area is 82.3 Å². The molecule has 4 heteroatoms. The molecule has 0 aliphatic rings. The van der Waals surface area contributed by atoms with Crippen LogP contribution in [0.4, 0.5) is 5.69 Å². The third-order valence-electron chi connectivity index (χ3n) is 2.36. The molecule has 1 N–H and O–H groups in total. The van der Waals surface area contributed by atoms with Crippen LogP contribution in [0.15, 0.2) is 18.2 Å². The lowest BCUT2D eigenvalue weighted by molar-refractivity contribution is -0.385. The molecule has 0 bridgehead atoms.